The number of hydrogen-bond acceptors (Lipinski definition) is 3. The molecule has 0 aromatic rings. The summed E-state index contributed by atoms with van der Waals surface area (Å²) in [5.74, 6) is -0.326. The van der Waals surface area contributed by atoms with Crippen LogP contribution in [0.5, 0.6) is 0 Å². The van der Waals surface area contributed by atoms with Gasteiger partial charge in [0.05, 0.1) is 0 Å². The predicted octanol–water partition coefficient (Wildman–Crippen LogP) is 2.80. The molecule has 0 radical (unpaired) electrons. The van der Waals surface area contributed by atoms with Crippen LogP contribution < -0.4 is 5.32 Å². The Hall–Kier alpha value is 0.290. The monoisotopic (exact) mass is 327 g/mol. The molecule has 0 heterocycles. The Morgan fingerprint density at radius 1 is 1.10 bits per heavy atom. The molecule has 6 heteroatoms. The topological polar surface area (TPSA) is 66.4 Å². The number of amides is 1. The van der Waals surface area contributed by atoms with E-state index in [1.165, 1.54) is 32.1 Å². The van der Waals surface area contributed by atoms with E-state index in [9.17, 15) is 9.59 Å². The summed E-state index contributed by atoms with van der Waals surface area (Å²) in [5, 5.41) is 11.6. The molecule has 0 spiro atoms. The van der Waals surface area contributed by atoms with Crippen LogP contribution in [0.25, 0.3) is 0 Å². The molecule has 0 saturated heterocycles. The first-order chi connectivity index (χ1) is 9.61. The fourth-order valence-electron chi connectivity index (χ4n) is 2.00. The Morgan fingerprint density at radius 3 is 2.19 bits per heavy atom. The fourth-order valence-corrected chi connectivity index (χ4v) is 2.47. The zero-order valence-electron chi connectivity index (χ0n) is 12.8. The molecule has 0 rings (SSSR count). The summed E-state index contributed by atoms with van der Waals surface area (Å²) in [6, 6.07) is -0.737. The molecular formula is C15H30NNaO3S. The van der Waals surface area contributed by atoms with E-state index in [1.54, 1.807) is 11.8 Å². The predicted molar refractivity (Wildman–Crippen MR) is 92.3 cm³/mol. The minimum absolute atomic E-state index is 0. The number of carbonyl (C=O) groups is 2. The van der Waals surface area contributed by atoms with Crippen LogP contribution in [0, 0.1) is 0 Å². The van der Waals surface area contributed by atoms with Gasteiger partial charge in [0.15, 0.2) is 0 Å². The van der Waals surface area contributed by atoms with Crippen LogP contribution in [-0.4, -0.2) is 64.6 Å². The van der Waals surface area contributed by atoms with Gasteiger partial charge in [0.1, 0.15) is 6.04 Å². The number of unbranched alkanes of at least 4 members (excludes halogenated alkanes) is 6. The third-order valence-corrected chi connectivity index (χ3v) is 3.90. The second-order valence-electron chi connectivity index (χ2n) is 5.11. The third-order valence-electron chi connectivity index (χ3n) is 3.25. The molecular weight excluding hydrogens is 297 g/mol. The Balaban J connectivity index is 0. The molecule has 0 aliphatic heterocycles. The second kappa shape index (κ2) is 16.7. The average molecular weight is 327 g/mol. The van der Waals surface area contributed by atoms with Crippen molar-refractivity contribution in [3.05, 3.63) is 0 Å². The molecule has 21 heavy (non-hydrogen) atoms. The third kappa shape index (κ3) is 15.0. The van der Waals surface area contributed by atoms with E-state index < -0.39 is 12.0 Å². The maximum atomic E-state index is 11.7. The van der Waals surface area contributed by atoms with Crippen LogP contribution in [0.1, 0.15) is 64.7 Å². The molecule has 0 aromatic heterocycles. The van der Waals surface area contributed by atoms with Gasteiger partial charge in [0.2, 0.25) is 5.91 Å². The van der Waals surface area contributed by atoms with Gasteiger partial charge in [-0.05, 0) is 24.9 Å². The number of nitrogens with one attached hydrogen (secondary N) is 1. The molecule has 2 N–H and O–H groups in total. The molecule has 0 aliphatic rings. The average Bonchev–Trinajstić information content (AvgIpc) is 2.42. The summed E-state index contributed by atoms with van der Waals surface area (Å²) >= 11 is 1.59. The van der Waals surface area contributed by atoms with Crippen LogP contribution in [0.3, 0.4) is 0 Å². The van der Waals surface area contributed by atoms with E-state index in [0.29, 0.717) is 12.8 Å². The van der Waals surface area contributed by atoms with Crippen LogP contribution in [-0.2, 0) is 9.59 Å². The van der Waals surface area contributed by atoms with Crippen molar-refractivity contribution in [2.75, 3.05) is 12.0 Å². The van der Waals surface area contributed by atoms with E-state index >= 15 is 0 Å². The quantitative estimate of drug-likeness (QED) is 0.403. The van der Waals surface area contributed by atoms with Gasteiger partial charge in [-0.3, -0.25) is 4.79 Å². The van der Waals surface area contributed by atoms with Gasteiger partial charge < -0.3 is 10.4 Å². The molecule has 0 bridgehead atoms. The van der Waals surface area contributed by atoms with E-state index in [0.717, 1.165) is 18.6 Å². The first-order valence-corrected chi connectivity index (χ1v) is 9.02. The van der Waals surface area contributed by atoms with E-state index in [2.05, 4.69) is 12.2 Å². The van der Waals surface area contributed by atoms with Crippen molar-refractivity contribution >= 4 is 53.2 Å². The summed E-state index contributed by atoms with van der Waals surface area (Å²) in [7, 11) is 0. The first kappa shape index (κ1) is 23.6. The number of aliphatic carboxylic acids is 1. The first-order valence-electron chi connectivity index (χ1n) is 7.63. The van der Waals surface area contributed by atoms with Gasteiger partial charge in [-0.15, -0.1) is 0 Å². The summed E-state index contributed by atoms with van der Waals surface area (Å²) in [6.45, 7) is 2.19. The van der Waals surface area contributed by atoms with Crippen molar-refractivity contribution in [1.82, 2.24) is 5.32 Å². The molecule has 0 aliphatic carbocycles. The van der Waals surface area contributed by atoms with Gasteiger partial charge in [0, 0.05) is 6.42 Å². The molecule has 0 aromatic carbocycles. The van der Waals surface area contributed by atoms with Gasteiger partial charge in [-0.25, -0.2) is 4.79 Å². The van der Waals surface area contributed by atoms with E-state index in [1.807, 2.05) is 6.26 Å². The standard InChI is InChI=1S/C15H29NO3S.Na.H/c1-3-4-5-6-7-8-9-10-14(17)16-13(15(18)19)11-12-20-2;;/h13H,3-12H2,1-2H3,(H,16,17)(H,18,19);;/t13-;;/m0../s1. The normalized spacial score (nSPS) is 11.5. The van der Waals surface area contributed by atoms with Gasteiger partial charge in [0.25, 0.3) is 0 Å². The van der Waals surface area contributed by atoms with Crippen molar-refractivity contribution in [1.29, 1.82) is 0 Å². The van der Waals surface area contributed by atoms with Crippen molar-refractivity contribution in [2.45, 2.75) is 70.8 Å². The van der Waals surface area contributed by atoms with E-state index in [4.69, 9.17) is 5.11 Å². The molecule has 1 amide bonds. The van der Waals surface area contributed by atoms with Gasteiger partial charge >= 0.3 is 35.5 Å². The van der Waals surface area contributed by atoms with Crippen molar-refractivity contribution in [2.24, 2.45) is 0 Å². The zero-order chi connectivity index (χ0) is 15.2. The Morgan fingerprint density at radius 2 is 1.67 bits per heavy atom. The van der Waals surface area contributed by atoms with Crippen LogP contribution >= 0.6 is 11.8 Å². The van der Waals surface area contributed by atoms with Gasteiger partial charge in [-0.2, -0.15) is 11.8 Å². The summed E-state index contributed by atoms with van der Waals surface area (Å²) in [5.41, 5.74) is 0. The number of carboxylic acids is 1. The molecule has 120 valence electrons. The van der Waals surface area contributed by atoms with Crippen molar-refractivity contribution in [3.8, 4) is 0 Å². The molecule has 0 unspecified atom stereocenters. The number of hydrogen-bond donors (Lipinski definition) is 2. The Kier molecular flexibility index (Phi) is 18.7. The zero-order valence-corrected chi connectivity index (χ0v) is 13.6. The number of carbonyl (C=O) groups excluding carboxylic acids is 1. The minimum atomic E-state index is -0.938. The fraction of sp³-hybridized carbons (Fsp3) is 0.867. The molecule has 4 nitrogen and oxygen atoms in total. The van der Waals surface area contributed by atoms with Gasteiger partial charge in [-0.1, -0.05) is 45.4 Å². The number of rotatable bonds is 13. The SMILES string of the molecule is CCCCCCCCCC(=O)N[C@@H](CCSC)C(=O)O.[NaH]. The van der Waals surface area contributed by atoms with Crippen LogP contribution in [0.15, 0.2) is 0 Å². The number of thioether (sulfide) groups is 1. The summed E-state index contributed by atoms with van der Waals surface area (Å²) in [6.07, 6.45) is 11.0. The van der Waals surface area contributed by atoms with E-state index in [-0.39, 0.29) is 35.5 Å². The molecule has 1 atom stereocenters. The number of carboxylic acid groups (broad SMARTS) is 1. The van der Waals surface area contributed by atoms with Crippen molar-refractivity contribution in [3.63, 3.8) is 0 Å². The van der Waals surface area contributed by atoms with Crippen molar-refractivity contribution < 1.29 is 14.7 Å². The van der Waals surface area contributed by atoms with Crippen LogP contribution in [0.2, 0.25) is 0 Å². The summed E-state index contributed by atoms with van der Waals surface area (Å²) in [4.78, 5) is 22.7. The maximum absolute atomic E-state index is 11.7. The molecule has 0 saturated carbocycles. The second-order valence-corrected chi connectivity index (χ2v) is 6.10. The summed E-state index contributed by atoms with van der Waals surface area (Å²) < 4.78 is 0. The van der Waals surface area contributed by atoms with Crippen LogP contribution in [0.4, 0.5) is 0 Å². The Labute approximate surface area is 155 Å². The Bertz CT molecular complexity index is 278. The molecule has 0 fully saturated rings.